The van der Waals surface area contributed by atoms with Crippen LogP contribution in [-0.2, 0) is 13.0 Å². The van der Waals surface area contributed by atoms with Crippen molar-refractivity contribution in [3.05, 3.63) is 71.4 Å². The van der Waals surface area contributed by atoms with Gasteiger partial charge in [0.05, 0.1) is 6.54 Å². The van der Waals surface area contributed by atoms with E-state index < -0.39 is 0 Å². The Morgan fingerprint density at radius 3 is 2.48 bits per heavy atom. The first-order valence-electron chi connectivity index (χ1n) is 8.03. The summed E-state index contributed by atoms with van der Waals surface area (Å²) in [5, 5.41) is 0.998. The number of likely N-dealkylation sites (N-methyl/N-ethyl adjacent to an activating group) is 1. The van der Waals surface area contributed by atoms with Crippen LogP contribution < -0.4 is 0 Å². The lowest BCUT2D eigenvalue weighted by molar-refractivity contribution is 0.0944. The van der Waals surface area contributed by atoms with Crippen LogP contribution in [0, 0.1) is 0 Å². The molecule has 0 bridgehead atoms. The fourth-order valence-electron chi connectivity index (χ4n) is 2.88. The third kappa shape index (κ3) is 3.51. The van der Waals surface area contributed by atoms with Gasteiger partial charge < -0.3 is 4.98 Å². The molecule has 0 aliphatic rings. The molecule has 1 N–H and O–H groups in total. The number of carbonyl (C=O) groups excluding carboxylic acids is 1. The van der Waals surface area contributed by atoms with Crippen LogP contribution in [0.15, 0.2) is 54.7 Å². The number of rotatable bonds is 6. The van der Waals surface area contributed by atoms with E-state index in [0.29, 0.717) is 6.54 Å². The molecular formula is C20H22N2O. The number of nitrogens with zero attached hydrogens (tertiary/aromatic N) is 1. The normalized spacial score (nSPS) is 11.3. The van der Waals surface area contributed by atoms with E-state index in [2.05, 4.69) is 41.1 Å². The lowest BCUT2D eigenvalue weighted by Gasteiger charge is -2.16. The Balaban J connectivity index is 1.67. The number of Topliss-reactive ketones (excluding diaryl/α,β-unsaturated/α-hetero) is 1. The highest BCUT2D eigenvalue weighted by atomic mass is 16.1. The summed E-state index contributed by atoms with van der Waals surface area (Å²) in [6, 6.07) is 16.5. The van der Waals surface area contributed by atoms with Crippen LogP contribution in [0.1, 0.15) is 28.4 Å². The molecule has 0 fully saturated rings. The zero-order valence-electron chi connectivity index (χ0n) is 13.7. The standard InChI is InChI=1S/C20H22N2O/c1-3-15-8-10-16(11-9-15)13-22(2)14-20(23)18-12-21-19-7-5-4-6-17(18)19/h4-12,21H,3,13-14H2,1-2H3. The molecule has 23 heavy (non-hydrogen) atoms. The quantitative estimate of drug-likeness (QED) is 0.698. The average molecular weight is 306 g/mol. The first kappa shape index (κ1) is 15.5. The molecule has 118 valence electrons. The molecule has 1 heterocycles. The largest absolute Gasteiger partial charge is 0.360 e. The summed E-state index contributed by atoms with van der Waals surface area (Å²) >= 11 is 0. The third-order valence-electron chi connectivity index (χ3n) is 4.19. The van der Waals surface area contributed by atoms with Gasteiger partial charge in [0.2, 0.25) is 0 Å². The highest BCUT2D eigenvalue weighted by molar-refractivity contribution is 6.08. The molecule has 0 saturated carbocycles. The van der Waals surface area contributed by atoms with Gasteiger partial charge >= 0.3 is 0 Å². The maximum absolute atomic E-state index is 12.6. The van der Waals surface area contributed by atoms with Crippen molar-refractivity contribution < 1.29 is 4.79 Å². The Hall–Kier alpha value is -2.39. The zero-order valence-corrected chi connectivity index (χ0v) is 13.7. The number of para-hydroxylation sites is 1. The second-order valence-corrected chi connectivity index (χ2v) is 6.01. The van der Waals surface area contributed by atoms with Gasteiger partial charge in [0.15, 0.2) is 5.78 Å². The molecule has 2 aromatic carbocycles. The number of aromatic amines is 1. The van der Waals surface area contributed by atoms with Crippen molar-refractivity contribution >= 4 is 16.7 Å². The van der Waals surface area contributed by atoms with E-state index in [1.54, 1.807) is 0 Å². The molecule has 0 unspecified atom stereocenters. The lowest BCUT2D eigenvalue weighted by atomic mass is 10.1. The Labute approximate surface area is 136 Å². The second-order valence-electron chi connectivity index (χ2n) is 6.01. The number of fused-ring (bicyclic) bond motifs is 1. The number of ketones is 1. The highest BCUT2D eigenvalue weighted by Gasteiger charge is 2.14. The van der Waals surface area contributed by atoms with Crippen LogP contribution in [0.25, 0.3) is 10.9 Å². The van der Waals surface area contributed by atoms with E-state index >= 15 is 0 Å². The Kier molecular flexibility index (Phi) is 4.58. The second kappa shape index (κ2) is 6.80. The van der Waals surface area contributed by atoms with Crippen molar-refractivity contribution in [3.8, 4) is 0 Å². The fourth-order valence-corrected chi connectivity index (χ4v) is 2.88. The molecule has 1 aromatic heterocycles. The highest BCUT2D eigenvalue weighted by Crippen LogP contribution is 2.18. The molecule has 3 aromatic rings. The van der Waals surface area contributed by atoms with E-state index in [9.17, 15) is 4.79 Å². The Morgan fingerprint density at radius 2 is 1.74 bits per heavy atom. The number of benzene rings is 2. The molecule has 0 saturated heterocycles. The third-order valence-corrected chi connectivity index (χ3v) is 4.19. The molecule has 3 nitrogen and oxygen atoms in total. The maximum atomic E-state index is 12.6. The van der Waals surface area contributed by atoms with Crippen molar-refractivity contribution in [3.63, 3.8) is 0 Å². The van der Waals surface area contributed by atoms with Crippen LogP contribution in [-0.4, -0.2) is 29.3 Å². The number of aryl methyl sites for hydroxylation is 1. The minimum absolute atomic E-state index is 0.148. The van der Waals surface area contributed by atoms with Crippen molar-refractivity contribution in [2.45, 2.75) is 19.9 Å². The Morgan fingerprint density at radius 1 is 1.04 bits per heavy atom. The van der Waals surface area contributed by atoms with Crippen LogP contribution in [0.5, 0.6) is 0 Å². The summed E-state index contributed by atoms with van der Waals surface area (Å²) in [5.41, 5.74) is 4.35. The first-order chi connectivity index (χ1) is 11.2. The first-order valence-corrected chi connectivity index (χ1v) is 8.03. The minimum Gasteiger partial charge on any atom is -0.360 e. The molecular weight excluding hydrogens is 284 g/mol. The number of H-pyrrole nitrogens is 1. The van der Waals surface area contributed by atoms with E-state index in [1.807, 2.05) is 37.5 Å². The van der Waals surface area contributed by atoms with Crippen LogP contribution in [0.2, 0.25) is 0 Å². The van der Waals surface area contributed by atoms with Gasteiger partial charge in [-0.1, -0.05) is 49.4 Å². The Bertz CT molecular complexity index is 802. The van der Waals surface area contributed by atoms with E-state index in [0.717, 1.165) is 29.4 Å². The summed E-state index contributed by atoms with van der Waals surface area (Å²) in [6.07, 6.45) is 2.87. The predicted octanol–water partition coefficient (Wildman–Crippen LogP) is 4.05. The van der Waals surface area contributed by atoms with Crippen molar-refractivity contribution in [1.29, 1.82) is 0 Å². The number of nitrogens with one attached hydrogen (secondary N) is 1. The summed E-state index contributed by atoms with van der Waals surface area (Å²) < 4.78 is 0. The van der Waals surface area contributed by atoms with Gasteiger partial charge in [-0.15, -0.1) is 0 Å². The monoisotopic (exact) mass is 306 g/mol. The summed E-state index contributed by atoms with van der Waals surface area (Å²) in [4.78, 5) is 17.8. The van der Waals surface area contributed by atoms with Gasteiger partial charge in [0.25, 0.3) is 0 Å². The summed E-state index contributed by atoms with van der Waals surface area (Å²) in [5.74, 6) is 0.148. The predicted molar refractivity (Wildman–Crippen MR) is 94.8 cm³/mol. The van der Waals surface area contributed by atoms with Gasteiger partial charge in [-0.2, -0.15) is 0 Å². The number of hydrogen-bond acceptors (Lipinski definition) is 2. The van der Waals surface area contributed by atoms with Gasteiger partial charge in [-0.05, 0) is 30.7 Å². The fraction of sp³-hybridized carbons (Fsp3) is 0.250. The lowest BCUT2D eigenvalue weighted by Crippen LogP contribution is -2.25. The van der Waals surface area contributed by atoms with Crippen LogP contribution >= 0.6 is 0 Å². The topological polar surface area (TPSA) is 36.1 Å². The summed E-state index contributed by atoms with van der Waals surface area (Å²) in [6.45, 7) is 3.34. The summed E-state index contributed by atoms with van der Waals surface area (Å²) in [7, 11) is 1.99. The van der Waals surface area contributed by atoms with Gasteiger partial charge in [-0.3, -0.25) is 9.69 Å². The van der Waals surface area contributed by atoms with E-state index in [4.69, 9.17) is 0 Å². The molecule has 3 rings (SSSR count). The smallest absolute Gasteiger partial charge is 0.178 e. The van der Waals surface area contributed by atoms with Crippen molar-refractivity contribution in [2.75, 3.05) is 13.6 Å². The SMILES string of the molecule is CCc1ccc(CN(C)CC(=O)c2c[nH]c3ccccc23)cc1. The molecule has 0 atom stereocenters. The molecule has 0 aliphatic carbocycles. The van der Waals surface area contributed by atoms with Crippen LogP contribution in [0.4, 0.5) is 0 Å². The van der Waals surface area contributed by atoms with Crippen LogP contribution in [0.3, 0.4) is 0 Å². The van der Waals surface area contributed by atoms with E-state index in [1.165, 1.54) is 11.1 Å². The van der Waals surface area contributed by atoms with Crippen molar-refractivity contribution in [2.24, 2.45) is 0 Å². The molecule has 0 radical (unpaired) electrons. The molecule has 3 heteroatoms. The zero-order chi connectivity index (χ0) is 16.2. The van der Waals surface area contributed by atoms with Gasteiger partial charge in [-0.25, -0.2) is 0 Å². The van der Waals surface area contributed by atoms with Gasteiger partial charge in [0.1, 0.15) is 0 Å². The number of carbonyl (C=O) groups is 1. The van der Waals surface area contributed by atoms with Gasteiger partial charge in [0, 0.05) is 29.2 Å². The number of hydrogen-bond donors (Lipinski definition) is 1. The molecule has 0 amide bonds. The maximum Gasteiger partial charge on any atom is 0.178 e. The number of aromatic nitrogens is 1. The van der Waals surface area contributed by atoms with E-state index in [-0.39, 0.29) is 5.78 Å². The minimum atomic E-state index is 0.148. The van der Waals surface area contributed by atoms with Crippen molar-refractivity contribution in [1.82, 2.24) is 9.88 Å². The molecule has 0 aliphatic heterocycles. The molecule has 0 spiro atoms. The average Bonchev–Trinajstić information content (AvgIpc) is 2.99.